The van der Waals surface area contributed by atoms with Crippen molar-refractivity contribution in [2.75, 3.05) is 19.6 Å². The van der Waals surface area contributed by atoms with Crippen LogP contribution in [0.3, 0.4) is 0 Å². The smallest absolute Gasteiger partial charge is 0.0476 e. The first-order valence-electron chi connectivity index (χ1n) is 8.21. The number of fused-ring (bicyclic) bond motifs is 1. The second kappa shape index (κ2) is 6.59. The van der Waals surface area contributed by atoms with E-state index in [1.807, 2.05) is 0 Å². The predicted molar refractivity (Wildman–Crippen MR) is 90.3 cm³/mol. The minimum Gasteiger partial charge on any atom is -0.329 e. The largest absolute Gasteiger partial charge is 0.329 e. The third-order valence-electron chi connectivity index (χ3n) is 4.90. The van der Waals surface area contributed by atoms with E-state index in [2.05, 4.69) is 54.3 Å². The highest BCUT2D eigenvalue weighted by molar-refractivity contribution is 5.86. The average Bonchev–Trinajstić information content (AvgIpc) is 2.73. The molecule has 2 atom stereocenters. The van der Waals surface area contributed by atoms with Gasteiger partial charge in [0.1, 0.15) is 0 Å². The van der Waals surface area contributed by atoms with E-state index in [-0.39, 0.29) is 0 Å². The Bertz CT molecular complexity index is 588. The van der Waals surface area contributed by atoms with Crippen LogP contribution in [0.25, 0.3) is 10.8 Å². The van der Waals surface area contributed by atoms with E-state index in [1.165, 1.54) is 48.7 Å². The van der Waals surface area contributed by atoms with Gasteiger partial charge < -0.3 is 5.73 Å². The van der Waals surface area contributed by atoms with Crippen LogP contribution in [0.5, 0.6) is 0 Å². The van der Waals surface area contributed by atoms with Crippen molar-refractivity contribution in [3.63, 3.8) is 0 Å². The number of likely N-dealkylation sites (tertiary alicyclic amines) is 1. The lowest BCUT2D eigenvalue weighted by Crippen LogP contribution is -2.34. The molecule has 0 saturated carbocycles. The Kier molecular flexibility index (Phi) is 4.57. The third-order valence-corrected chi connectivity index (χ3v) is 4.90. The summed E-state index contributed by atoms with van der Waals surface area (Å²) in [5, 5.41) is 2.67. The molecular weight excluding hydrogens is 256 g/mol. The first-order chi connectivity index (χ1) is 10.3. The second-order valence-corrected chi connectivity index (χ2v) is 6.39. The molecular formula is C19H26N2. The Morgan fingerprint density at radius 2 is 1.90 bits per heavy atom. The summed E-state index contributed by atoms with van der Waals surface area (Å²) in [5.41, 5.74) is 7.56. The molecule has 1 aliphatic heterocycles. The Balaban J connectivity index is 1.94. The summed E-state index contributed by atoms with van der Waals surface area (Å²) in [7, 11) is 0. The van der Waals surface area contributed by atoms with Gasteiger partial charge in [0.05, 0.1) is 0 Å². The van der Waals surface area contributed by atoms with Crippen LogP contribution in [0.2, 0.25) is 0 Å². The maximum Gasteiger partial charge on any atom is 0.0476 e. The summed E-state index contributed by atoms with van der Waals surface area (Å²) in [6.45, 7) is 5.42. The number of hydrogen-bond acceptors (Lipinski definition) is 2. The van der Waals surface area contributed by atoms with Crippen molar-refractivity contribution >= 4 is 10.8 Å². The molecule has 0 radical (unpaired) electrons. The fourth-order valence-corrected chi connectivity index (χ4v) is 3.61. The lowest BCUT2D eigenvalue weighted by Gasteiger charge is -2.31. The topological polar surface area (TPSA) is 29.3 Å². The first-order valence-corrected chi connectivity index (χ1v) is 8.21. The van der Waals surface area contributed by atoms with Crippen molar-refractivity contribution in [2.24, 2.45) is 11.7 Å². The van der Waals surface area contributed by atoms with Crippen molar-refractivity contribution < 1.29 is 0 Å². The van der Waals surface area contributed by atoms with Crippen molar-refractivity contribution in [1.29, 1.82) is 0 Å². The molecule has 0 aromatic heterocycles. The highest BCUT2D eigenvalue weighted by Crippen LogP contribution is 2.30. The minimum atomic E-state index is 0.349. The van der Waals surface area contributed by atoms with Gasteiger partial charge in [0, 0.05) is 12.6 Å². The van der Waals surface area contributed by atoms with Crippen LogP contribution in [0.1, 0.15) is 37.8 Å². The Morgan fingerprint density at radius 3 is 2.76 bits per heavy atom. The molecule has 2 unspecified atom stereocenters. The number of hydrogen-bond donors (Lipinski definition) is 1. The van der Waals surface area contributed by atoms with Gasteiger partial charge in [-0.25, -0.2) is 0 Å². The molecule has 0 bridgehead atoms. The normalized spacial score (nSPS) is 22.1. The van der Waals surface area contributed by atoms with Crippen molar-refractivity contribution in [2.45, 2.75) is 32.2 Å². The summed E-state index contributed by atoms with van der Waals surface area (Å²) >= 11 is 0. The fourth-order valence-electron chi connectivity index (χ4n) is 3.61. The average molecular weight is 282 g/mol. The van der Waals surface area contributed by atoms with Gasteiger partial charge >= 0.3 is 0 Å². The molecule has 2 heteroatoms. The fraction of sp³-hybridized carbons (Fsp3) is 0.474. The number of rotatable bonds is 3. The predicted octanol–water partition coefficient (Wildman–Crippen LogP) is 3.96. The molecule has 2 aromatic carbocycles. The molecule has 0 amide bonds. The molecule has 112 valence electrons. The van der Waals surface area contributed by atoms with Crippen molar-refractivity contribution in [1.82, 2.24) is 4.90 Å². The SMILES string of the molecule is CC1CCCN(C(CN)c2cccc3ccccc23)CC1. The zero-order valence-corrected chi connectivity index (χ0v) is 13.0. The van der Waals surface area contributed by atoms with E-state index in [0.717, 1.165) is 5.92 Å². The minimum absolute atomic E-state index is 0.349. The van der Waals surface area contributed by atoms with Crippen LogP contribution in [0.4, 0.5) is 0 Å². The molecule has 2 aromatic rings. The van der Waals surface area contributed by atoms with Crippen molar-refractivity contribution in [3.05, 3.63) is 48.0 Å². The molecule has 2 N–H and O–H groups in total. The molecule has 3 rings (SSSR count). The van der Waals surface area contributed by atoms with E-state index in [1.54, 1.807) is 0 Å². The van der Waals surface area contributed by atoms with E-state index in [9.17, 15) is 0 Å². The van der Waals surface area contributed by atoms with Gasteiger partial charge in [-0.05, 0) is 54.6 Å². The van der Waals surface area contributed by atoms with E-state index >= 15 is 0 Å². The monoisotopic (exact) mass is 282 g/mol. The molecule has 1 fully saturated rings. The summed E-state index contributed by atoms with van der Waals surface area (Å²) in [5.74, 6) is 0.848. The molecule has 0 aliphatic carbocycles. The maximum atomic E-state index is 6.17. The molecule has 1 saturated heterocycles. The standard InChI is InChI=1S/C19H26N2/c1-15-6-5-12-21(13-11-15)19(14-20)18-10-4-8-16-7-2-3-9-17(16)18/h2-4,7-10,15,19H,5-6,11-14,20H2,1H3. The van der Waals surface area contributed by atoms with Gasteiger partial charge in [-0.2, -0.15) is 0 Å². The molecule has 1 aliphatic rings. The van der Waals surface area contributed by atoms with Crippen molar-refractivity contribution in [3.8, 4) is 0 Å². The van der Waals surface area contributed by atoms with Gasteiger partial charge in [0.25, 0.3) is 0 Å². The molecule has 21 heavy (non-hydrogen) atoms. The highest BCUT2D eigenvalue weighted by Gasteiger charge is 2.23. The lowest BCUT2D eigenvalue weighted by molar-refractivity contribution is 0.209. The zero-order valence-electron chi connectivity index (χ0n) is 13.0. The Hall–Kier alpha value is -1.38. The third kappa shape index (κ3) is 3.12. The lowest BCUT2D eigenvalue weighted by atomic mass is 9.97. The summed E-state index contributed by atoms with van der Waals surface area (Å²) < 4.78 is 0. The van der Waals surface area contributed by atoms with Crippen LogP contribution in [-0.4, -0.2) is 24.5 Å². The van der Waals surface area contributed by atoms with E-state index in [4.69, 9.17) is 5.73 Å². The molecule has 1 heterocycles. The summed E-state index contributed by atoms with van der Waals surface area (Å²) in [6, 6.07) is 15.6. The quantitative estimate of drug-likeness (QED) is 0.923. The molecule has 0 spiro atoms. The van der Waals surface area contributed by atoms with Gasteiger partial charge in [0.2, 0.25) is 0 Å². The first kappa shape index (κ1) is 14.6. The van der Waals surface area contributed by atoms with Crippen LogP contribution in [0, 0.1) is 5.92 Å². The number of benzene rings is 2. The second-order valence-electron chi connectivity index (χ2n) is 6.39. The van der Waals surface area contributed by atoms with Gasteiger partial charge in [0.15, 0.2) is 0 Å². The van der Waals surface area contributed by atoms with Gasteiger partial charge in [-0.1, -0.05) is 49.4 Å². The van der Waals surface area contributed by atoms with E-state index in [0.29, 0.717) is 12.6 Å². The Labute approximate surface area is 127 Å². The van der Waals surface area contributed by atoms with Crippen LogP contribution >= 0.6 is 0 Å². The summed E-state index contributed by atoms with van der Waals surface area (Å²) in [6.07, 6.45) is 3.94. The van der Waals surface area contributed by atoms with Crippen LogP contribution in [0.15, 0.2) is 42.5 Å². The number of nitrogens with two attached hydrogens (primary N) is 1. The van der Waals surface area contributed by atoms with Gasteiger partial charge in [-0.15, -0.1) is 0 Å². The number of nitrogens with zero attached hydrogens (tertiary/aromatic N) is 1. The van der Waals surface area contributed by atoms with Crippen LogP contribution < -0.4 is 5.73 Å². The zero-order chi connectivity index (χ0) is 14.7. The van der Waals surface area contributed by atoms with Gasteiger partial charge in [-0.3, -0.25) is 4.90 Å². The highest BCUT2D eigenvalue weighted by atomic mass is 15.2. The Morgan fingerprint density at radius 1 is 1.10 bits per heavy atom. The van der Waals surface area contributed by atoms with E-state index < -0.39 is 0 Å². The summed E-state index contributed by atoms with van der Waals surface area (Å²) in [4.78, 5) is 2.60. The van der Waals surface area contributed by atoms with Crippen LogP contribution in [-0.2, 0) is 0 Å². The maximum absolute atomic E-state index is 6.17. The molecule has 2 nitrogen and oxygen atoms in total.